The van der Waals surface area contributed by atoms with E-state index in [1.54, 1.807) is 6.07 Å². The first kappa shape index (κ1) is 11.3. The highest BCUT2D eigenvalue weighted by Gasteiger charge is 2.15. The van der Waals surface area contributed by atoms with Crippen LogP contribution in [0, 0.1) is 5.92 Å². The molecule has 0 saturated carbocycles. The summed E-state index contributed by atoms with van der Waals surface area (Å²) < 4.78 is 0. The number of hydrogen-bond donors (Lipinski definition) is 2. The average Bonchev–Trinajstić information content (AvgIpc) is 2.30. The molecule has 1 saturated heterocycles. The molecular formula is C13H20N2O. The lowest BCUT2D eigenvalue weighted by molar-refractivity contribution is 0.381. The van der Waals surface area contributed by atoms with Crippen molar-refractivity contribution in [3.05, 3.63) is 24.3 Å². The molecule has 3 heteroatoms. The van der Waals surface area contributed by atoms with Crippen LogP contribution in [0.1, 0.15) is 12.8 Å². The largest absolute Gasteiger partial charge is 0.508 e. The van der Waals surface area contributed by atoms with Gasteiger partial charge in [0.15, 0.2) is 0 Å². The number of nitrogens with zero attached hydrogens (tertiary/aromatic N) is 1. The molecule has 88 valence electrons. The lowest BCUT2D eigenvalue weighted by Crippen LogP contribution is -2.36. The molecule has 1 unspecified atom stereocenters. The second kappa shape index (κ2) is 5.21. The molecule has 2 N–H and O–H groups in total. The van der Waals surface area contributed by atoms with E-state index in [1.807, 2.05) is 18.2 Å². The third-order valence-corrected chi connectivity index (χ3v) is 3.20. The highest BCUT2D eigenvalue weighted by atomic mass is 16.3. The molecule has 1 aromatic rings. The zero-order chi connectivity index (χ0) is 11.4. The minimum Gasteiger partial charge on any atom is -0.508 e. The normalized spacial score (nSPS) is 20.7. The molecule has 1 aromatic carbocycles. The monoisotopic (exact) mass is 220 g/mol. The minimum absolute atomic E-state index is 0.339. The van der Waals surface area contributed by atoms with Gasteiger partial charge in [-0.3, -0.25) is 0 Å². The first-order valence-electron chi connectivity index (χ1n) is 5.96. The number of piperidine rings is 1. The Bertz CT molecular complexity index is 334. The highest BCUT2D eigenvalue weighted by molar-refractivity contribution is 5.49. The fourth-order valence-electron chi connectivity index (χ4n) is 2.30. The number of benzene rings is 1. The van der Waals surface area contributed by atoms with Crippen molar-refractivity contribution in [2.75, 3.05) is 31.6 Å². The first-order chi connectivity index (χ1) is 7.75. The first-order valence-corrected chi connectivity index (χ1v) is 5.96. The Morgan fingerprint density at radius 2 is 2.38 bits per heavy atom. The number of rotatable bonds is 3. The van der Waals surface area contributed by atoms with E-state index in [2.05, 4.69) is 17.3 Å². The maximum absolute atomic E-state index is 9.43. The Morgan fingerprint density at radius 3 is 3.06 bits per heavy atom. The molecule has 0 aliphatic carbocycles. The number of phenolic OH excluding ortho intramolecular Hbond substituents is 1. The van der Waals surface area contributed by atoms with Crippen LogP contribution in [0.15, 0.2) is 24.3 Å². The molecular weight excluding hydrogens is 200 g/mol. The Balaban J connectivity index is 1.94. The van der Waals surface area contributed by atoms with Gasteiger partial charge in [0.05, 0.1) is 0 Å². The van der Waals surface area contributed by atoms with Gasteiger partial charge in [-0.2, -0.15) is 0 Å². The third kappa shape index (κ3) is 2.89. The fourth-order valence-corrected chi connectivity index (χ4v) is 2.30. The molecule has 1 fully saturated rings. The van der Waals surface area contributed by atoms with E-state index >= 15 is 0 Å². The zero-order valence-electron chi connectivity index (χ0n) is 9.82. The van der Waals surface area contributed by atoms with Gasteiger partial charge in [-0.15, -0.1) is 0 Å². The minimum atomic E-state index is 0.339. The summed E-state index contributed by atoms with van der Waals surface area (Å²) in [6.07, 6.45) is 2.58. The number of anilines is 1. The molecule has 1 aliphatic heterocycles. The smallest absolute Gasteiger partial charge is 0.117 e. The van der Waals surface area contributed by atoms with Gasteiger partial charge in [0.2, 0.25) is 0 Å². The molecule has 1 aliphatic rings. The van der Waals surface area contributed by atoms with Crippen molar-refractivity contribution >= 4 is 5.69 Å². The summed E-state index contributed by atoms with van der Waals surface area (Å²) in [5.41, 5.74) is 1.09. The maximum Gasteiger partial charge on any atom is 0.117 e. The summed E-state index contributed by atoms with van der Waals surface area (Å²) in [7, 11) is 2.09. The van der Waals surface area contributed by atoms with Crippen molar-refractivity contribution in [1.82, 2.24) is 5.32 Å². The van der Waals surface area contributed by atoms with Crippen molar-refractivity contribution < 1.29 is 5.11 Å². The van der Waals surface area contributed by atoms with Crippen molar-refractivity contribution in [3.63, 3.8) is 0 Å². The highest BCUT2D eigenvalue weighted by Crippen LogP contribution is 2.21. The van der Waals surface area contributed by atoms with Gasteiger partial charge in [-0.1, -0.05) is 6.07 Å². The van der Waals surface area contributed by atoms with Gasteiger partial charge in [0.1, 0.15) is 5.75 Å². The summed E-state index contributed by atoms with van der Waals surface area (Å²) in [6, 6.07) is 7.45. The number of hydrogen-bond acceptors (Lipinski definition) is 3. The van der Waals surface area contributed by atoms with E-state index in [0.717, 1.165) is 31.2 Å². The van der Waals surface area contributed by atoms with Gasteiger partial charge in [-0.25, -0.2) is 0 Å². The molecule has 16 heavy (non-hydrogen) atoms. The molecule has 0 spiro atoms. The van der Waals surface area contributed by atoms with Gasteiger partial charge in [-0.05, 0) is 44.0 Å². The van der Waals surface area contributed by atoms with E-state index in [0.29, 0.717) is 5.75 Å². The number of aromatic hydroxyl groups is 1. The standard InChI is InChI=1S/C13H20N2O/c1-15(10-11-4-3-7-14-9-11)12-5-2-6-13(16)8-12/h2,5-6,8,11,14,16H,3-4,7,9-10H2,1H3. The van der Waals surface area contributed by atoms with E-state index in [-0.39, 0.29) is 0 Å². The van der Waals surface area contributed by atoms with E-state index in [9.17, 15) is 5.11 Å². The summed E-state index contributed by atoms with van der Waals surface area (Å²) in [4.78, 5) is 2.22. The molecule has 3 nitrogen and oxygen atoms in total. The van der Waals surface area contributed by atoms with Crippen molar-refractivity contribution in [1.29, 1.82) is 0 Å². The lowest BCUT2D eigenvalue weighted by Gasteiger charge is -2.28. The van der Waals surface area contributed by atoms with Crippen LogP contribution in [0.25, 0.3) is 0 Å². The SMILES string of the molecule is CN(CC1CCCNC1)c1cccc(O)c1. The van der Waals surface area contributed by atoms with Crippen LogP contribution in [0.2, 0.25) is 0 Å². The summed E-state index contributed by atoms with van der Waals surface area (Å²) in [6.45, 7) is 3.33. The fraction of sp³-hybridized carbons (Fsp3) is 0.538. The van der Waals surface area contributed by atoms with Crippen LogP contribution in [0.4, 0.5) is 5.69 Å². The maximum atomic E-state index is 9.43. The molecule has 1 heterocycles. The Morgan fingerprint density at radius 1 is 1.50 bits per heavy atom. The third-order valence-electron chi connectivity index (χ3n) is 3.20. The van der Waals surface area contributed by atoms with E-state index < -0.39 is 0 Å². The van der Waals surface area contributed by atoms with Crippen LogP contribution >= 0.6 is 0 Å². The predicted octanol–water partition coefficient (Wildman–Crippen LogP) is 1.83. The van der Waals surface area contributed by atoms with Gasteiger partial charge in [0.25, 0.3) is 0 Å². The van der Waals surface area contributed by atoms with Crippen molar-refractivity contribution in [3.8, 4) is 5.75 Å². The summed E-state index contributed by atoms with van der Waals surface area (Å²) in [5, 5.41) is 12.9. The average molecular weight is 220 g/mol. The number of nitrogens with one attached hydrogen (secondary N) is 1. The van der Waals surface area contributed by atoms with Gasteiger partial charge >= 0.3 is 0 Å². The van der Waals surface area contributed by atoms with E-state index in [4.69, 9.17) is 0 Å². The predicted molar refractivity (Wildman–Crippen MR) is 67.0 cm³/mol. The molecule has 1 atom stereocenters. The van der Waals surface area contributed by atoms with Crippen LogP contribution in [0.5, 0.6) is 5.75 Å². The Kier molecular flexibility index (Phi) is 3.67. The Hall–Kier alpha value is -1.22. The van der Waals surface area contributed by atoms with Crippen LogP contribution in [0.3, 0.4) is 0 Å². The second-order valence-corrected chi connectivity index (χ2v) is 4.61. The summed E-state index contributed by atoms with van der Waals surface area (Å²) >= 11 is 0. The molecule has 2 rings (SSSR count). The van der Waals surface area contributed by atoms with Crippen LogP contribution in [-0.4, -0.2) is 31.8 Å². The van der Waals surface area contributed by atoms with E-state index in [1.165, 1.54) is 12.8 Å². The second-order valence-electron chi connectivity index (χ2n) is 4.61. The topological polar surface area (TPSA) is 35.5 Å². The quantitative estimate of drug-likeness (QED) is 0.815. The zero-order valence-corrected chi connectivity index (χ0v) is 9.82. The van der Waals surface area contributed by atoms with Crippen LogP contribution < -0.4 is 10.2 Å². The summed E-state index contributed by atoms with van der Waals surface area (Å²) in [5.74, 6) is 1.06. The molecule has 0 radical (unpaired) electrons. The van der Waals surface area contributed by atoms with Crippen molar-refractivity contribution in [2.45, 2.75) is 12.8 Å². The number of phenols is 1. The van der Waals surface area contributed by atoms with Crippen LogP contribution in [-0.2, 0) is 0 Å². The van der Waals surface area contributed by atoms with Gasteiger partial charge in [0, 0.05) is 25.3 Å². The molecule has 0 amide bonds. The molecule has 0 aromatic heterocycles. The molecule has 0 bridgehead atoms. The lowest BCUT2D eigenvalue weighted by atomic mass is 9.99. The Labute approximate surface area is 97.1 Å². The van der Waals surface area contributed by atoms with Gasteiger partial charge < -0.3 is 15.3 Å². The van der Waals surface area contributed by atoms with Crippen molar-refractivity contribution in [2.24, 2.45) is 5.92 Å².